The van der Waals surface area contributed by atoms with Gasteiger partial charge in [-0.1, -0.05) is 48.5 Å². The zero-order chi connectivity index (χ0) is 21.6. The van der Waals surface area contributed by atoms with Crippen LogP contribution in [-0.4, -0.2) is 19.1 Å². The minimum Gasteiger partial charge on any atom is -0.497 e. The zero-order valence-corrected chi connectivity index (χ0v) is 18.0. The van der Waals surface area contributed by atoms with E-state index in [9.17, 15) is 4.79 Å². The minimum absolute atomic E-state index is 0.355. The first-order chi connectivity index (χ1) is 15.0. The summed E-state index contributed by atoms with van der Waals surface area (Å²) in [7, 11) is 1.60. The average molecular weight is 412 g/mol. The molecule has 0 fully saturated rings. The van der Waals surface area contributed by atoms with Gasteiger partial charge in [0.1, 0.15) is 11.5 Å². The van der Waals surface area contributed by atoms with Gasteiger partial charge in [-0.05, 0) is 55.3 Å². The molecule has 0 aliphatic carbocycles. The van der Waals surface area contributed by atoms with Gasteiger partial charge in [0, 0.05) is 17.8 Å². The first kappa shape index (κ1) is 19.4. The highest BCUT2D eigenvalue weighted by molar-refractivity contribution is 5.85. The highest BCUT2D eigenvalue weighted by Gasteiger charge is 2.58. The Kier molecular flexibility index (Phi) is 4.40. The predicted molar refractivity (Wildman–Crippen MR) is 123 cm³/mol. The second kappa shape index (κ2) is 7.02. The largest absolute Gasteiger partial charge is 0.497 e. The number of para-hydroxylation sites is 1. The summed E-state index contributed by atoms with van der Waals surface area (Å²) in [5, 5.41) is 0. The standard InChI is InChI=1S/C27H25NO3/c1-26(2)23-11-7-8-12-24(23)28(17-19-9-5-4-6-10-19)27(26)14-13-20-15-22(30-3)16-21(18-29)25(20)31-27/h4-16,18H,17H2,1-3H3. The fourth-order valence-electron chi connectivity index (χ4n) is 4.88. The summed E-state index contributed by atoms with van der Waals surface area (Å²) in [5.41, 5.74) is 3.77. The number of rotatable bonds is 4. The van der Waals surface area contributed by atoms with Crippen LogP contribution in [0.3, 0.4) is 0 Å². The van der Waals surface area contributed by atoms with Crippen molar-refractivity contribution in [1.29, 1.82) is 0 Å². The number of carbonyl (C=O) groups is 1. The Morgan fingerprint density at radius 1 is 1.03 bits per heavy atom. The van der Waals surface area contributed by atoms with Crippen LogP contribution in [-0.2, 0) is 12.0 Å². The molecule has 156 valence electrons. The third-order valence-corrected chi connectivity index (χ3v) is 6.58. The van der Waals surface area contributed by atoms with Crippen LogP contribution < -0.4 is 14.4 Å². The monoisotopic (exact) mass is 411 g/mol. The lowest BCUT2D eigenvalue weighted by Crippen LogP contribution is -2.59. The van der Waals surface area contributed by atoms with Gasteiger partial charge in [-0.2, -0.15) is 0 Å². The van der Waals surface area contributed by atoms with Gasteiger partial charge >= 0.3 is 0 Å². The number of nitrogens with zero attached hydrogens (tertiary/aromatic N) is 1. The van der Waals surface area contributed by atoms with Crippen LogP contribution in [0.15, 0.2) is 72.8 Å². The molecule has 1 spiro atoms. The topological polar surface area (TPSA) is 38.8 Å². The summed E-state index contributed by atoms with van der Waals surface area (Å²) in [6.45, 7) is 5.10. The molecule has 1 unspecified atom stereocenters. The molecule has 2 aliphatic heterocycles. The van der Waals surface area contributed by atoms with Crippen LogP contribution in [0, 0.1) is 0 Å². The van der Waals surface area contributed by atoms with E-state index in [4.69, 9.17) is 9.47 Å². The number of anilines is 1. The first-order valence-corrected chi connectivity index (χ1v) is 10.5. The van der Waals surface area contributed by atoms with Crippen molar-refractivity contribution >= 4 is 18.0 Å². The van der Waals surface area contributed by atoms with E-state index in [-0.39, 0.29) is 5.41 Å². The van der Waals surface area contributed by atoms with Crippen LogP contribution in [0.25, 0.3) is 6.08 Å². The van der Waals surface area contributed by atoms with Crippen molar-refractivity contribution in [2.75, 3.05) is 12.0 Å². The Labute approximate surface area is 182 Å². The van der Waals surface area contributed by atoms with E-state index in [1.165, 1.54) is 11.1 Å². The second-order valence-corrected chi connectivity index (χ2v) is 8.60. The molecule has 0 N–H and O–H groups in total. The molecule has 0 saturated heterocycles. The summed E-state index contributed by atoms with van der Waals surface area (Å²) >= 11 is 0. The molecule has 3 aromatic rings. The maximum atomic E-state index is 11.9. The number of aldehydes is 1. The van der Waals surface area contributed by atoms with E-state index in [0.717, 1.165) is 17.5 Å². The Hall–Kier alpha value is -3.53. The van der Waals surface area contributed by atoms with Gasteiger partial charge in [0.2, 0.25) is 5.72 Å². The van der Waals surface area contributed by atoms with Crippen molar-refractivity contribution in [3.63, 3.8) is 0 Å². The summed E-state index contributed by atoms with van der Waals surface area (Å²) in [6.07, 6.45) is 5.02. The highest BCUT2D eigenvalue weighted by Crippen LogP contribution is 2.55. The van der Waals surface area contributed by atoms with Gasteiger partial charge in [0.05, 0.1) is 18.1 Å². The minimum atomic E-state index is -0.772. The van der Waals surface area contributed by atoms with Crippen LogP contribution in [0.1, 0.15) is 40.9 Å². The Balaban J connectivity index is 1.69. The summed E-state index contributed by atoms with van der Waals surface area (Å²) < 4.78 is 12.2. The molecular weight excluding hydrogens is 386 g/mol. The summed E-state index contributed by atoms with van der Waals surface area (Å²) in [5.74, 6) is 1.23. The molecule has 0 radical (unpaired) electrons. The number of ether oxygens (including phenoxy) is 2. The molecule has 3 aromatic carbocycles. The molecule has 1 atom stereocenters. The molecule has 2 aliphatic rings. The Bertz CT molecular complexity index is 1180. The number of hydrogen-bond donors (Lipinski definition) is 0. The second-order valence-electron chi connectivity index (χ2n) is 8.60. The summed E-state index contributed by atoms with van der Waals surface area (Å²) in [4.78, 5) is 14.2. The maximum Gasteiger partial charge on any atom is 0.212 e. The molecular formula is C27H25NO3. The molecule has 0 aromatic heterocycles. The molecule has 31 heavy (non-hydrogen) atoms. The van der Waals surface area contributed by atoms with Gasteiger partial charge in [-0.25, -0.2) is 0 Å². The Morgan fingerprint density at radius 2 is 1.77 bits per heavy atom. The fourth-order valence-corrected chi connectivity index (χ4v) is 4.88. The lowest BCUT2D eigenvalue weighted by molar-refractivity contribution is 0.0511. The molecule has 0 amide bonds. The van der Waals surface area contributed by atoms with Gasteiger partial charge in [0.15, 0.2) is 6.29 Å². The van der Waals surface area contributed by atoms with Gasteiger partial charge in [-0.15, -0.1) is 0 Å². The molecule has 4 heteroatoms. The van der Waals surface area contributed by atoms with Crippen LogP contribution in [0.5, 0.6) is 11.5 Å². The van der Waals surface area contributed by atoms with Crippen molar-refractivity contribution in [2.45, 2.75) is 31.5 Å². The molecule has 0 saturated carbocycles. The lowest BCUT2D eigenvalue weighted by atomic mass is 9.76. The quantitative estimate of drug-likeness (QED) is 0.523. The number of hydrogen-bond acceptors (Lipinski definition) is 4. The molecule has 5 rings (SSSR count). The smallest absolute Gasteiger partial charge is 0.212 e. The van der Waals surface area contributed by atoms with Crippen LogP contribution in [0.4, 0.5) is 5.69 Å². The third-order valence-electron chi connectivity index (χ3n) is 6.58. The van der Waals surface area contributed by atoms with Crippen LogP contribution >= 0.6 is 0 Å². The number of carbonyl (C=O) groups excluding carboxylic acids is 1. The van der Waals surface area contributed by atoms with E-state index >= 15 is 0 Å². The van der Waals surface area contributed by atoms with Crippen molar-refractivity contribution in [1.82, 2.24) is 0 Å². The van der Waals surface area contributed by atoms with Crippen molar-refractivity contribution in [3.05, 3.63) is 95.1 Å². The lowest BCUT2D eigenvalue weighted by Gasteiger charge is -2.47. The first-order valence-electron chi connectivity index (χ1n) is 10.5. The zero-order valence-electron chi connectivity index (χ0n) is 18.0. The van der Waals surface area contributed by atoms with Gasteiger partial charge in [-0.3, -0.25) is 4.79 Å². The van der Waals surface area contributed by atoms with E-state index in [1.807, 2.05) is 12.1 Å². The van der Waals surface area contributed by atoms with E-state index in [0.29, 0.717) is 23.6 Å². The average Bonchev–Trinajstić information content (AvgIpc) is 2.98. The number of methoxy groups -OCH3 is 1. The summed E-state index contributed by atoms with van der Waals surface area (Å²) in [6, 6.07) is 22.5. The maximum absolute atomic E-state index is 11.9. The molecule has 0 bridgehead atoms. The van der Waals surface area contributed by atoms with Crippen molar-refractivity contribution < 1.29 is 14.3 Å². The number of fused-ring (bicyclic) bond motifs is 2. The van der Waals surface area contributed by atoms with Crippen molar-refractivity contribution in [2.24, 2.45) is 0 Å². The van der Waals surface area contributed by atoms with Gasteiger partial charge < -0.3 is 14.4 Å². The fraction of sp³-hybridized carbons (Fsp3) is 0.222. The van der Waals surface area contributed by atoms with E-state index in [1.54, 1.807) is 13.2 Å². The SMILES string of the molecule is COc1cc(C=O)c2c(c1)C=CC1(O2)N(Cc2ccccc2)c2ccccc2C1(C)C. The number of benzene rings is 3. The normalized spacial score (nSPS) is 20.2. The molecule has 2 heterocycles. The third kappa shape index (κ3) is 2.78. The Morgan fingerprint density at radius 3 is 2.52 bits per heavy atom. The highest BCUT2D eigenvalue weighted by atomic mass is 16.5. The van der Waals surface area contributed by atoms with E-state index in [2.05, 4.69) is 79.4 Å². The molecule has 4 nitrogen and oxygen atoms in total. The van der Waals surface area contributed by atoms with E-state index < -0.39 is 5.72 Å². The van der Waals surface area contributed by atoms with Crippen LogP contribution in [0.2, 0.25) is 0 Å². The van der Waals surface area contributed by atoms with Crippen molar-refractivity contribution in [3.8, 4) is 11.5 Å². The predicted octanol–water partition coefficient (Wildman–Crippen LogP) is 5.61. The van der Waals surface area contributed by atoms with Gasteiger partial charge in [0.25, 0.3) is 0 Å².